The predicted octanol–water partition coefficient (Wildman–Crippen LogP) is 0.198. The number of nitro groups is 1. The van der Waals surface area contributed by atoms with Crippen LogP contribution < -0.4 is 10.7 Å². The molecule has 0 atom stereocenters. The van der Waals surface area contributed by atoms with Crippen molar-refractivity contribution in [3.05, 3.63) is 39.9 Å². The van der Waals surface area contributed by atoms with Gasteiger partial charge in [0, 0.05) is 26.3 Å². The summed E-state index contributed by atoms with van der Waals surface area (Å²) in [6.45, 7) is 0.770. The number of methoxy groups -OCH3 is 1. The van der Waals surface area contributed by atoms with Gasteiger partial charge in [-0.25, -0.2) is 5.43 Å². The largest absolute Gasteiger partial charge is 0.385 e. The zero-order valence-electron chi connectivity index (χ0n) is 11.9. The van der Waals surface area contributed by atoms with E-state index in [1.54, 1.807) is 6.07 Å². The number of hydrazone groups is 1. The van der Waals surface area contributed by atoms with Crippen molar-refractivity contribution in [3.63, 3.8) is 0 Å². The first-order valence-electron chi connectivity index (χ1n) is 6.40. The molecule has 1 rings (SSSR count). The first-order chi connectivity index (χ1) is 10.6. The van der Waals surface area contributed by atoms with Crippen molar-refractivity contribution in [3.8, 4) is 0 Å². The fraction of sp³-hybridized carbons (Fsp3) is 0.308. The molecule has 0 radical (unpaired) electrons. The maximum Gasteiger partial charge on any atom is 0.329 e. The number of carbonyl (C=O) groups is 2. The Balaban J connectivity index is 2.50. The van der Waals surface area contributed by atoms with Gasteiger partial charge in [-0.15, -0.1) is 0 Å². The van der Waals surface area contributed by atoms with Gasteiger partial charge in [-0.05, 0) is 12.5 Å². The second-order valence-corrected chi connectivity index (χ2v) is 4.12. The van der Waals surface area contributed by atoms with Gasteiger partial charge in [0.05, 0.1) is 16.7 Å². The Labute approximate surface area is 126 Å². The number of nitrogens with zero attached hydrogens (tertiary/aromatic N) is 2. The molecule has 0 heterocycles. The molecule has 1 aromatic carbocycles. The second kappa shape index (κ2) is 9.19. The highest BCUT2D eigenvalue weighted by molar-refractivity contribution is 6.35. The van der Waals surface area contributed by atoms with Crippen LogP contribution in [0.4, 0.5) is 5.69 Å². The van der Waals surface area contributed by atoms with E-state index in [1.165, 1.54) is 25.3 Å². The van der Waals surface area contributed by atoms with Gasteiger partial charge in [0.15, 0.2) is 0 Å². The van der Waals surface area contributed by atoms with E-state index in [2.05, 4.69) is 10.4 Å². The standard InChI is InChI=1S/C13H16N4O5/c1-22-8-4-7-14-12(18)13(19)16-15-9-10-5-2-3-6-11(10)17(20)21/h2-3,5-6,9H,4,7-8H2,1H3,(H,14,18)(H,16,19)/b15-9-. The zero-order valence-corrected chi connectivity index (χ0v) is 11.9. The van der Waals surface area contributed by atoms with E-state index < -0.39 is 16.7 Å². The van der Waals surface area contributed by atoms with Gasteiger partial charge in [-0.1, -0.05) is 12.1 Å². The first kappa shape index (κ1) is 17.2. The second-order valence-electron chi connectivity index (χ2n) is 4.12. The molecule has 0 aliphatic heterocycles. The number of nitrogens with one attached hydrogen (secondary N) is 2. The number of hydrogen-bond acceptors (Lipinski definition) is 6. The molecule has 22 heavy (non-hydrogen) atoms. The summed E-state index contributed by atoms with van der Waals surface area (Å²) in [5.41, 5.74) is 2.07. The van der Waals surface area contributed by atoms with E-state index in [0.717, 1.165) is 6.21 Å². The van der Waals surface area contributed by atoms with E-state index >= 15 is 0 Å². The Bertz CT molecular complexity index is 573. The van der Waals surface area contributed by atoms with Crippen LogP contribution in [0.3, 0.4) is 0 Å². The normalized spacial score (nSPS) is 10.4. The van der Waals surface area contributed by atoms with Gasteiger partial charge in [0.25, 0.3) is 5.69 Å². The Kier molecular flexibility index (Phi) is 7.20. The maximum atomic E-state index is 11.4. The Hall–Kier alpha value is -2.81. The van der Waals surface area contributed by atoms with Crippen LogP contribution in [0.25, 0.3) is 0 Å². The van der Waals surface area contributed by atoms with Crippen molar-refractivity contribution in [1.82, 2.24) is 10.7 Å². The van der Waals surface area contributed by atoms with Crippen molar-refractivity contribution in [2.24, 2.45) is 5.10 Å². The molecule has 0 aromatic heterocycles. The van der Waals surface area contributed by atoms with Crippen LogP contribution in [-0.2, 0) is 14.3 Å². The van der Waals surface area contributed by atoms with Crippen molar-refractivity contribution < 1.29 is 19.2 Å². The lowest BCUT2D eigenvalue weighted by Gasteiger charge is -2.03. The van der Waals surface area contributed by atoms with Crippen molar-refractivity contribution in [2.75, 3.05) is 20.3 Å². The van der Waals surface area contributed by atoms with Crippen molar-refractivity contribution >= 4 is 23.7 Å². The minimum Gasteiger partial charge on any atom is -0.385 e. The van der Waals surface area contributed by atoms with E-state index in [-0.39, 0.29) is 11.3 Å². The lowest BCUT2D eigenvalue weighted by atomic mass is 10.2. The molecule has 0 saturated carbocycles. The third-order valence-corrected chi connectivity index (χ3v) is 2.52. The Morgan fingerprint density at radius 3 is 2.77 bits per heavy atom. The highest BCUT2D eigenvalue weighted by atomic mass is 16.6. The molecule has 0 aliphatic carbocycles. The quantitative estimate of drug-likeness (QED) is 0.245. The van der Waals surface area contributed by atoms with Crippen LogP contribution in [0.1, 0.15) is 12.0 Å². The van der Waals surface area contributed by atoms with Crippen LogP contribution in [0, 0.1) is 10.1 Å². The molecule has 118 valence electrons. The minimum absolute atomic E-state index is 0.149. The summed E-state index contributed by atoms with van der Waals surface area (Å²) in [7, 11) is 1.53. The summed E-state index contributed by atoms with van der Waals surface area (Å²) in [6, 6.07) is 5.89. The highest BCUT2D eigenvalue weighted by Crippen LogP contribution is 2.14. The van der Waals surface area contributed by atoms with Gasteiger partial charge in [-0.3, -0.25) is 19.7 Å². The van der Waals surface area contributed by atoms with Crippen LogP contribution in [0.5, 0.6) is 0 Å². The number of carbonyl (C=O) groups excluding carboxylic acids is 2. The summed E-state index contributed by atoms with van der Waals surface area (Å²) in [6.07, 6.45) is 1.68. The fourth-order valence-corrected chi connectivity index (χ4v) is 1.47. The number of nitro benzene ring substituents is 1. The Morgan fingerprint density at radius 1 is 1.36 bits per heavy atom. The monoisotopic (exact) mass is 308 g/mol. The highest BCUT2D eigenvalue weighted by Gasteiger charge is 2.12. The maximum absolute atomic E-state index is 11.4. The molecule has 0 unspecified atom stereocenters. The molecule has 0 saturated heterocycles. The van der Waals surface area contributed by atoms with Gasteiger partial charge in [0.2, 0.25) is 0 Å². The van der Waals surface area contributed by atoms with E-state index in [1.807, 2.05) is 5.43 Å². The molecule has 0 spiro atoms. The molecule has 0 fully saturated rings. The number of ether oxygens (including phenoxy) is 1. The molecule has 0 aliphatic rings. The van der Waals surface area contributed by atoms with Crippen LogP contribution >= 0.6 is 0 Å². The van der Waals surface area contributed by atoms with Crippen molar-refractivity contribution in [2.45, 2.75) is 6.42 Å². The molecule has 9 heteroatoms. The SMILES string of the molecule is COCCCNC(=O)C(=O)N/N=C\c1ccccc1[N+](=O)[O-]. The summed E-state index contributed by atoms with van der Waals surface area (Å²) in [5.74, 6) is -1.79. The summed E-state index contributed by atoms with van der Waals surface area (Å²) in [4.78, 5) is 33.0. The van der Waals surface area contributed by atoms with Gasteiger partial charge in [0.1, 0.15) is 0 Å². The van der Waals surface area contributed by atoms with Crippen molar-refractivity contribution in [1.29, 1.82) is 0 Å². The minimum atomic E-state index is -0.952. The zero-order chi connectivity index (χ0) is 16.4. The van der Waals surface area contributed by atoms with E-state index in [4.69, 9.17) is 4.74 Å². The third kappa shape index (κ3) is 5.67. The van der Waals surface area contributed by atoms with Crippen LogP contribution in [0.15, 0.2) is 29.4 Å². The smallest absolute Gasteiger partial charge is 0.329 e. The Morgan fingerprint density at radius 2 is 2.09 bits per heavy atom. The molecule has 2 amide bonds. The van der Waals surface area contributed by atoms with Gasteiger partial charge >= 0.3 is 11.8 Å². The predicted molar refractivity (Wildman–Crippen MR) is 78.3 cm³/mol. The van der Waals surface area contributed by atoms with Crippen LogP contribution in [0.2, 0.25) is 0 Å². The molecule has 2 N–H and O–H groups in total. The molecule has 0 bridgehead atoms. The molecule has 9 nitrogen and oxygen atoms in total. The number of hydrogen-bond donors (Lipinski definition) is 2. The fourth-order valence-electron chi connectivity index (χ4n) is 1.47. The average molecular weight is 308 g/mol. The number of rotatable bonds is 7. The number of amides is 2. The molecular formula is C13H16N4O5. The topological polar surface area (TPSA) is 123 Å². The lowest BCUT2D eigenvalue weighted by Crippen LogP contribution is -2.38. The van der Waals surface area contributed by atoms with E-state index in [0.29, 0.717) is 19.6 Å². The average Bonchev–Trinajstić information content (AvgIpc) is 2.51. The number of benzene rings is 1. The first-order valence-corrected chi connectivity index (χ1v) is 6.40. The molecular weight excluding hydrogens is 292 g/mol. The number of para-hydroxylation sites is 1. The lowest BCUT2D eigenvalue weighted by molar-refractivity contribution is -0.385. The summed E-state index contributed by atoms with van der Waals surface area (Å²) < 4.78 is 4.80. The van der Waals surface area contributed by atoms with Gasteiger partial charge < -0.3 is 10.1 Å². The van der Waals surface area contributed by atoms with Crippen LogP contribution in [-0.4, -0.2) is 43.2 Å². The van der Waals surface area contributed by atoms with Gasteiger partial charge in [-0.2, -0.15) is 5.10 Å². The van der Waals surface area contributed by atoms with E-state index in [9.17, 15) is 19.7 Å². The third-order valence-electron chi connectivity index (χ3n) is 2.52. The summed E-state index contributed by atoms with van der Waals surface area (Å²) in [5, 5.41) is 16.7. The molecule has 1 aromatic rings. The summed E-state index contributed by atoms with van der Waals surface area (Å²) >= 11 is 0.